The van der Waals surface area contributed by atoms with E-state index in [-0.39, 0.29) is 18.2 Å². The molecule has 0 aromatic heterocycles. The van der Waals surface area contributed by atoms with Crippen LogP contribution in [0.15, 0.2) is 30.5 Å². The van der Waals surface area contributed by atoms with E-state index < -0.39 is 24.0 Å². The lowest BCUT2D eigenvalue weighted by molar-refractivity contribution is -0.145. The molecular weight excluding hydrogens is 348 g/mol. The molecule has 0 aliphatic carbocycles. The lowest BCUT2D eigenvalue weighted by Crippen LogP contribution is -2.49. The molecule has 3 unspecified atom stereocenters. The van der Waals surface area contributed by atoms with E-state index in [0.717, 1.165) is 17.5 Å². The van der Waals surface area contributed by atoms with Crippen LogP contribution in [0.2, 0.25) is 0 Å². The van der Waals surface area contributed by atoms with E-state index in [9.17, 15) is 19.5 Å². The van der Waals surface area contributed by atoms with Gasteiger partial charge in [0.15, 0.2) is 0 Å². The van der Waals surface area contributed by atoms with E-state index in [0.29, 0.717) is 19.6 Å². The molecule has 0 saturated carbocycles. The van der Waals surface area contributed by atoms with Crippen molar-refractivity contribution in [1.29, 1.82) is 0 Å². The summed E-state index contributed by atoms with van der Waals surface area (Å²) in [6.45, 7) is 2.39. The molecule has 7 heteroatoms. The summed E-state index contributed by atoms with van der Waals surface area (Å²) in [5.41, 5.74) is 1.82. The first-order valence-corrected chi connectivity index (χ1v) is 9.13. The van der Waals surface area contributed by atoms with Crippen LogP contribution in [0.3, 0.4) is 0 Å². The summed E-state index contributed by atoms with van der Waals surface area (Å²) in [6.07, 6.45) is 4.99. The Morgan fingerprint density at radius 2 is 2.11 bits per heavy atom. The van der Waals surface area contributed by atoms with E-state index in [1.165, 1.54) is 11.8 Å². The molecule has 1 aromatic carbocycles. The van der Waals surface area contributed by atoms with Crippen molar-refractivity contribution in [2.75, 3.05) is 13.2 Å². The van der Waals surface area contributed by atoms with Gasteiger partial charge < -0.3 is 20.1 Å². The highest BCUT2D eigenvalue weighted by Gasteiger charge is 2.33. The van der Waals surface area contributed by atoms with Crippen molar-refractivity contribution in [3.8, 4) is 0 Å². The van der Waals surface area contributed by atoms with Gasteiger partial charge in [-0.3, -0.25) is 9.59 Å². The lowest BCUT2D eigenvalue weighted by Gasteiger charge is -2.33. The minimum absolute atomic E-state index is 0.00170. The number of nitrogens with zero attached hydrogens (tertiary/aromatic N) is 1. The van der Waals surface area contributed by atoms with E-state index in [1.807, 2.05) is 30.3 Å². The van der Waals surface area contributed by atoms with Crippen LogP contribution in [0.4, 0.5) is 0 Å². The maximum absolute atomic E-state index is 12.7. The largest absolute Gasteiger partial charge is 0.480 e. The third kappa shape index (κ3) is 4.36. The Morgan fingerprint density at radius 3 is 2.78 bits per heavy atom. The zero-order valence-electron chi connectivity index (χ0n) is 15.3. The highest BCUT2D eigenvalue weighted by Crippen LogP contribution is 2.33. The molecule has 0 radical (unpaired) electrons. The number of amides is 2. The van der Waals surface area contributed by atoms with E-state index in [2.05, 4.69) is 5.32 Å². The van der Waals surface area contributed by atoms with Crippen LogP contribution in [0.25, 0.3) is 6.08 Å². The molecule has 3 atom stereocenters. The molecule has 2 heterocycles. The number of carboxylic acids is 1. The highest BCUT2D eigenvalue weighted by atomic mass is 16.5. The zero-order valence-corrected chi connectivity index (χ0v) is 15.3. The van der Waals surface area contributed by atoms with Crippen molar-refractivity contribution in [2.45, 2.75) is 38.3 Å². The molecule has 27 heavy (non-hydrogen) atoms. The van der Waals surface area contributed by atoms with Crippen LogP contribution in [0, 0.1) is 5.92 Å². The molecule has 1 saturated heterocycles. The summed E-state index contributed by atoms with van der Waals surface area (Å²) < 4.78 is 5.36. The normalized spacial score (nSPS) is 22.6. The highest BCUT2D eigenvalue weighted by molar-refractivity contribution is 5.85. The Labute approximate surface area is 158 Å². The molecule has 2 aliphatic rings. The quantitative estimate of drug-likeness (QED) is 0.824. The Kier molecular flexibility index (Phi) is 5.91. The first-order valence-electron chi connectivity index (χ1n) is 9.13. The molecule has 2 N–H and O–H groups in total. The number of benzene rings is 1. The molecule has 1 aromatic rings. The minimum Gasteiger partial charge on any atom is -0.480 e. The van der Waals surface area contributed by atoms with Crippen molar-refractivity contribution >= 4 is 23.9 Å². The number of carbonyl (C=O) groups is 3. The Morgan fingerprint density at radius 1 is 1.33 bits per heavy atom. The summed E-state index contributed by atoms with van der Waals surface area (Å²) in [4.78, 5) is 37.8. The standard InChI is InChI=1S/C20H24N2O5/c1-13(23)22-9-8-14-5-2-3-7-16(14)17(22)11-18(24)21-19(20(25)26)15-6-4-10-27-12-15/h2-3,5,7-9,15,17,19H,4,6,10-12H2,1H3,(H,21,24)(H,25,26). The molecule has 3 rings (SSSR count). The van der Waals surface area contributed by atoms with Crippen molar-refractivity contribution in [1.82, 2.24) is 10.2 Å². The topological polar surface area (TPSA) is 95.9 Å². The Balaban J connectivity index is 1.75. The molecule has 1 fully saturated rings. The lowest BCUT2D eigenvalue weighted by atomic mass is 9.92. The number of carboxylic acid groups (broad SMARTS) is 1. The van der Waals surface area contributed by atoms with Crippen molar-refractivity contribution in [3.63, 3.8) is 0 Å². The molecule has 7 nitrogen and oxygen atoms in total. The summed E-state index contributed by atoms with van der Waals surface area (Å²) in [5, 5.41) is 12.2. The van der Waals surface area contributed by atoms with Crippen molar-refractivity contribution < 1.29 is 24.2 Å². The minimum atomic E-state index is -1.06. The van der Waals surface area contributed by atoms with Gasteiger partial charge in [-0.2, -0.15) is 0 Å². The summed E-state index contributed by atoms with van der Waals surface area (Å²) in [5.74, 6) is -1.88. The van der Waals surface area contributed by atoms with Crippen LogP contribution in [-0.4, -0.2) is 47.0 Å². The summed E-state index contributed by atoms with van der Waals surface area (Å²) in [7, 11) is 0. The van der Waals surface area contributed by atoms with Gasteiger partial charge in [-0.1, -0.05) is 24.3 Å². The van der Waals surface area contributed by atoms with Crippen LogP contribution in [-0.2, 0) is 19.1 Å². The van der Waals surface area contributed by atoms with Gasteiger partial charge in [0.1, 0.15) is 6.04 Å². The second-order valence-corrected chi connectivity index (χ2v) is 6.95. The molecule has 0 bridgehead atoms. The van der Waals surface area contributed by atoms with Crippen LogP contribution >= 0.6 is 0 Å². The van der Waals surface area contributed by atoms with Crippen molar-refractivity contribution in [3.05, 3.63) is 41.6 Å². The molecule has 144 valence electrons. The Hall–Kier alpha value is -2.67. The zero-order chi connectivity index (χ0) is 19.4. The molecule has 2 amide bonds. The second-order valence-electron chi connectivity index (χ2n) is 6.95. The number of hydrogen-bond acceptors (Lipinski definition) is 4. The first kappa shape index (κ1) is 19.1. The van der Waals surface area contributed by atoms with E-state index in [1.54, 1.807) is 6.20 Å². The predicted molar refractivity (Wildman–Crippen MR) is 98.5 cm³/mol. The van der Waals surface area contributed by atoms with Gasteiger partial charge in [0.25, 0.3) is 0 Å². The number of fused-ring (bicyclic) bond motifs is 1. The maximum atomic E-state index is 12.7. The fourth-order valence-corrected chi connectivity index (χ4v) is 3.73. The third-order valence-corrected chi connectivity index (χ3v) is 5.10. The Bertz CT molecular complexity index is 754. The number of aliphatic carboxylic acids is 1. The van der Waals surface area contributed by atoms with Gasteiger partial charge >= 0.3 is 5.97 Å². The predicted octanol–water partition coefficient (Wildman–Crippen LogP) is 1.95. The van der Waals surface area contributed by atoms with E-state index in [4.69, 9.17) is 4.74 Å². The first-order chi connectivity index (χ1) is 13.0. The van der Waals surface area contributed by atoms with Gasteiger partial charge in [0.05, 0.1) is 19.1 Å². The fourth-order valence-electron chi connectivity index (χ4n) is 3.73. The van der Waals surface area contributed by atoms with Crippen molar-refractivity contribution in [2.24, 2.45) is 5.92 Å². The van der Waals surface area contributed by atoms with E-state index >= 15 is 0 Å². The van der Waals surface area contributed by atoms with Gasteiger partial charge in [0, 0.05) is 25.6 Å². The number of carbonyl (C=O) groups excluding carboxylic acids is 2. The number of ether oxygens (including phenoxy) is 1. The van der Waals surface area contributed by atoms with Gasteiger partial charge in [-0.05, 0) is 30.0 Å². The molecule has 2 aliphatic heterocycles. The van der Waals surface area contributed by atoms with Gasteiger partial charge in [-0.25, -0.2) is 4.79 Å². The van der Waals surface area contributed by atoms with Gasteiger partial charge in [-0.15, -0.1) is 0 Å². The number of nitrogens with one attached hydrogen (secondary N) is 1. The monoisotopic (exact) mass is 372 g/mol. The number of rotatable bonds is 5. The average Bonchev–Trinajstić information content (AvgIpc) is 2.66. The van der Waals surface area contributed by atoms with Crippen LogP contribution in [0.5, 0.6) is 0 Å². The molecule has 0 spiro atoms. The fraction of sp³-hybridized carbons (Fsp3) is 0.450. The maximum Gasteiger partial charge on any atom is 0.326 e. The van der Waals surface area contributed by atoms with Crippen LogP contribution < -0.4 is 5.32 Å². The van der Waals surface area contributed by atoms with Gasteiger partial charge in [0.2, 0.25) is 11.8 Å². The smallest absolute Gasteiger partial charge is 0.326 e. The SMILES string of the molecule is CC(=O)N1C=Cc2ccccc2C1CC(=O)NC(C(=O)O)C1CCCOC1. The second kappa shape index (κ2) is 8.35. The van der Waals surface area contributed by atoms with Crippen LogP contribution in [0.1, 0.15) is 43.4 Å². The third-order valence-electron chi connectivity index (χ3n) is 5.10. The summed E-state index contributed by atoms with van der Waals surface area (Å²) >= 11 is 0. The molecular formula is C20H24N2O5. The summed E-state index contributed by atoms with van der Waals surface area (Å²) in [6, 6.07) is 6.12. The number of hydrogen-bond donors (Lipinski definition) is 2. The average molecular weight is 372 g/mol.